The molecule has 0 saturated carbocycles. The highest BCUT2D eigenvalue weighted by molar-refractivity contribution is 6.28. The van der Waals surface area contributed by atoms with Gasteiger partial charge in [0.2, 0.25) is 0 Å². The summed E-state index contributed by atoms with van der Waals surface area (Å²) in [5.74, 6) is 0. The van der Waals surface area contributed by atoms with Crippen molar-refractivity contribution in [2.45, 2.75) is 0 Å². The Kier molecular flexibility index (Phi) is 18.6. The van der Waals surface area contributed by atoms with Gasteiger partial charge in [0.25, 0.3) is 0 Å². The SMILES string of the molecule is c1cc(-c2ccc(-c3cc4cccnc4c4ncccc34)cc2)cc(-c2nc3ccccc3c3c2ccc2c4ccccc4oc23)c1.c1cc(-c2ccc(-c3cc4cccnc4c4ncccc34)cn2)cc(-c2nc3ccccc3c3c2ccc2c4ccccc4oc23)c1.c1cc(-c2ccc(-c3cc4cccnc4c4ncccc34)nc2)cc(-c2nc3ccccc3c3c2ccc2c4ccccc4oc23)c1. The van der Waals surface area contributed by atoms with Crippen LogP contribution in [0.1, 0.15) is 0 Å². The molecule has 0 atom stereocenters. The van der Waals surface area contributed by atoms with Gasteiger partial charge in [-0.2, -0.15) is 0 Å². The first kappa shape index (κ1) is 80.2. The van der Waals surface area contributed by atoms with E-state index in [1.54, 1.807) is 0 Å². The second kappa shape index (κ2) is 32.8. The monoisotopic (exact) mass is 1800 g/mol. The van der Waals surface area contributed by atoms with Crippen molar-refractivity contribution in [1.82, 2.24) is 54.8 Å². The van der Waals surface area contributed by atoms with Crippen molar-refractivity contribution in [2.75, 3.05) is 0 Å². The number of para-hydroxylation sites is 6. The molecule has 0 aliphatic rings. The standard InChI is InChI=1S/C43H25N3O.2C42H24N4O/c1-3-14-37-34(12-1)39-35(21-20-33-31-11-2-4-15-38(31)47-43(33)39)40(46-37)29-9-5-8-28(24-29)26-16-18-27(19-17-26)36-25-30-10-6-22-44-41(30)42-32(36)13-7-23-45-42;1-3-14-36-32(12-1)38-33(18-17-31-29-11-2-4-15-37(29)47-42(31)38)39(46-36)26-9-5-8-25(22-26)35-19-16-28(24-45-35)34-23-27-10-6-20-43-40(27)41-30(34)13-7-21-44-41;1-3-14-36-32(12-1)38-33(18-17-31-29-11-2-4-15-37(29)47-42(31)38)39(46-36)26-9-5-8-25(22-26)28-16-19-35(45-24-28)34-23-27-10-6-20-43-40(27)41-30(34)13-7-21-44-41/h1-25H;2*1-24H. The van der Waals surface area contributed by atoms with E-state index in [1.165, 1.54) is 0 Å². The van der Waals surface area contributed by atoms with E-state index in [0.29, 0.717) is 0 Å². The van der Waals surface area contributed by atoms with Crippen LogP contribution in [0, 0.1) is 0 Å². The summed E-state index contributed by atoms with van der Waals surface area (Å²) in [4.78, 5) is 53.4. The molecule has 0 spiro atoms. The first-order valence-corrected chi connectivity index (χ1v) is 47.0. The molecular formula is C127H73N11O3. The minimum absolute atomic E-state index is 0.884. The molecule has 0 saturated heterocycles. The fourth-order valence-electron chi connectivity index (χ4n) is 21.1. The fraction of sp³-hybridized carbons (Fsp3) is 0. The van der Waals surface area contributed by atoms with Crippen molar-refractivity contribution < 1.29 is 13.3 Å². The number of pyridine rings is 11. The molecule has 30 rings (SSSR count). The van der Waals surface area contributed by atoms with Gasteiger partial charge in [-0.1, -0.05) is 255 Å². The van der Waals surface area contributed by atoms with Crippen molar-refractivity contribution in [1.29, 1.82) is 0 Å². The fourth-order valence-corrected chi connectivity index (χ4v) is 21.1. The molecule has 0 bridgehead atoms. The zero-order chi connectivity index (χ0) is 92.7. The Bertz CT molecular complexity index is 9500. The highest BCUT2D eigenvalue weighted by Crippen LogP contribution is 2.48. The van der Waals surface area contributed by atoms with Crippen LogP contribution in [0.3, 0.4) is 0 Å². The Balaban J connectivity index is 0.000000104. The Morgan fingerprint density at radius 3 is 0.887 bits per heavy atom. The summed E-state index contributed by atoms with van der Waals surface area (Å²) in [6.07, 6.45) is 14.8. The maximum Gasteiger partial charge on any atom is 0.144 e. The lowest BCUT2D eigenvalue weighted by Crippen LogP contribution is -1.92. The van der Waals surface area contributed by atoms with E-state index in [9.17, 15) is 0 Å². The van der Waals surface area contributed by atoms with E-state index in [1.807, 2.05) is 141 Å². The Morgan fingerprint density at radius 2 is 0.468 bits per heavy atom. The van der Waals surface area contributed by atoms with Crippen molar-refractivity contribution in [3.63, 3.8) is 0 Å². The van der Waals surface area contributed by atoms with Crippen LogP contribution in [0.4, 0.5) is 0 Å². The summed E-state index contributed by atoms with van der Waals surface area (Å²) in [5.41, 5.74) is 32.2. The predicted octanol–water partition coefficient (Wildman–Crippen LogP) is 32.9. The maximum atomic E-state index is 6.52. The molecule has 0 N–H and O–H groups in total. The molecule has 14 nitrogen and oxygen atoms in total. The summed E-state index contributed by atoms with van der Waals surface area (Å²) in [6, 6.07) is 137. The first-order valence-electron chi connectivity index (χ1n) is 47.0. The van der Waals surface area contributed by atoms with Crippen LogP contribution < -0.4 is 0 Å². The van der Waals surface area contributed by atoms with E-state index >= 15 is 0 Å². The van der Waals surface area contributed by atoms with Gasteiger partial charge < -0.3 is 13.3 Å². The molecule has 0 aliphatic heterocycles. The third-order valence-corrected chi connectivity index (χ3v) is 27.7. The summed E-state index contributed by atoms with van der Waals surface area (Å²) in [6.45, 7) is 0. The normalized spacial score (nSPS) is 11.8. The smallest absolute Gasteiger partial charge is 0.144 e. The van der Waals surface area contributed by atoms with Crippen LogP contribution in [-0.2, 0) is 0 Å². The molecule has 30 aromatic rings. The van der Waals surface area contributed by atoms with E-state index in [0.717, 1.165) is 297 Å². The Labute approximate surface area is 803 Å². The van der Waals surface area contributed by atoms with Crippen molar-refractivity contribution in [3.05, 3.63) is 444 Å². The summed E-state index contributed by atoms with van der Waals surface area (Å²) >= 11 is 0. The molecule has 14 heterocycles. The van der Waals surface area contributed by atoms with Crippen molar-refractivity contribution >= 4 is 196 Å². The van der Waals surface area contributed by atoms with Crippen molar-refractivity contribution in [2.24, 2.45) is 0 Å². The van der Waals surface area contributed by atoms with E-state index < -0.39 is 0 Å². The third kappa shape index (κ3) is 13.4. The van der Waals surface area contributed by atoms with Crippen LogP contribution in [-0.4, -0.2) is 54.8 Å². The van der Waals surface area contributed by atoms with Crippen LogP contribution >= 0.6 is 0 Å². The van der Waals surface area contributed by atoms with E-state index in [2.05, 4.69) is 328 Å². The minimum atomic E-state index is 0.884. The third-order valence-electron chi connectivity index (χ3n) is 27.7. The molecule has 654 valence electrons. The molecule has 0 unspecified atom stereocenters. The van der Waals surface area contributed by atoms with Crippen molar-refractivity contribution in [3.8, 4) is 101 Å². The van der Waals surface area contributed by atoms with Crippen LogP contribution in [0.2, 0.25) is 0 Å². The summed E-state index contributed by atoms with van der Waals surface area (Å²) in [5, 5.41) is 22.8. The van der Waals surface area contributed by atoms with Gasteiger partial charge in [0, 0.05) is 202 Å². The topological polar surface area (TPSA) is 181 Å². The zero-order valence-electron chi connectivity index (χ0n) is 75.3. The van der Waals surface area contributed by atoms with Crippen LogP contribution in [0.5, 0.6) is 0 Å². The maximum absolute atomic E-state index is 6.52. The number of benzene rings is 16. The quantitative estimate of drug-likeness (QED) is 0.124. The molecule has 0 radical (unpaired) electrons. The highest BCUT2D eigenvalue weighted by Gasteiger charge is 2.25. The molecule has 141 heavy (non-hydrogen) atoms. The number of nitrogens with zero attached hydrogens (tertiary/aromatic N) is 11. The van der Waals surface area contributed by atoms with Gasteiger partial charge in [0.15, 0.2) is 0 Å². The molecule has 14 heteroatoms. The lowest BCUT2D eigenvalue weighted by atomic mass is 9.94. The molecule has 0 aliphatic carbocycles. The van der Waals surface area contributed by atoms with Gasteiger partial charge in [-0.25, -0.2) is 15.0 Å². The first-order chi connectivity index (χ1) is 69.9. The lowest BCUT2D eigenvalue weighted by molar-refractivity contribution is 0.672. The summed E-state index contributed by atoms with van der Waals surface area (Å²) < 4.78 is 19.5. The second-order valence-corrected chi connectivity index (χ2v) is 35.7. The number of aromatic nitrogens is 11. The number of furan rings is 3. The van der Waals surface area contributed by atoms with Gasteiger partial charge >= 0.3 is 0 Å². The molecule has 14 aromatic heterocycles. The zero-order valence-corrected chi connectivity index (χ0v) is 75.3. The van der Waals surface area contributed by atoms with Crippen LogP contribution in [0.25, 0.3) is 297 Å². The van der Waals surface area contributed by atoms with Gasteiger partial charge in [0.05, 0.1) is 78.1 Å². The molecular weight excluding hydrogens is 1730 g/mol. The number of fused-ring (bicyclic) bond motifs is 30. The number of hydrogen-bond donors (Lipinski definition) is 0. The minimum Gasteiger partial charge on any atom is -0.455 e. The lowest BCUT2D eigenvalue weighted by Gasteiger charge is -2.12. The van der Waals surface area contributed by atoms with Gasteiger partial charge in [-0.05, 0) is 173 Å². The van der Waals surface area contributed by atoms with Gasteiger partial charge in [-0.3, -0.25) is 39.9 Å². The summed E-state index contributed by atoms with van der Waals surface area (Å²) in [7, 11) is 0. The van der Waals surface area contributed by atoms with E-state index in [4.69, 9.17) is 43.2 Å². The van der Waals surface area contributed by atoms with E-state index in [-0.39, 0.29) is 0 Å². The van der Waals surface area contributed by atoms with Crippen LogP contribution in [0.15, 0.2) is 457 Å². The predicted molar refractivity (Wildman–Crippen MR) is 576 cm³/mol. The molecule has 0 amide bonds. The molecule has 16 aromatic carbocycles. The number of rotatable bonds is 9. The highest BCUT2D eigenvalue weighted by atomic mass is 16.3. The van der Waals surface area contributed by atoms with Gasteiger partial charge in [-0.15, -0.1) is 0 Å². The molecule has 0 fully saturated rings. The number of hydrogen-bond acceptors (Lipinski definition) is 14. The average Bonchev–Trinajstić information content (AvgIpc) is 1.65. The second-order valence-electron chi connectivity index (χ2n) is 35.7. The average molecular weight is 1800 g/mol. The van der Waals surface area contributed by atoms with Gasteiger partial charge in [0.1, 0.15) is 33.5 Å². The Morgan fingerprint density at radius 1 is 0.163 bits per heavy atom. The Hall–Kier alpha value is -19.3. The largest absolute Gasteiger partial charge is 0.455 e.